The Bertz CT molecular complexity index is 4600. The smallest absolute Gasteiger partial charge is 0.0646 e. The molecule has 12 aromatic rings. The summed E-state index contributed by atoms with van der Waals surface area (Å²) in [6.07, 6.45) is 0. The third-order valence-electron chi connectivity index (χ3n) is 10.3. The summed E-state index contributed by atoms with van der Waals surface area (Å²) in [6.45, 7) is 0. The highest BCUT2D eigenvalue weighted by atomic mass is 15.0. The first-order valence-electron chi connectivity index (χ1n) is 28.4. The van der Waals surface area contributed by atoms with Gasteiger partial charge in [-0.1, -0.05) is 139 Å². The van der Waals surface area contributed by atoms with Gasteiger partial charge < -0.3 is 13.7 Å². The first-order chi connectivity index (χ1) is 37.0. The van der Waals surface area contributed by atoms with Crippen molar-refractivity contribution in [2.75, 3.05) is 0 Å². The zero-order valence-electron chi connectivity index (χ0n) is 50.4. The van der Waals surface area contributed by atoms with Crippen molar-refractivity contribution in [1.82, 2.24) is 13.7 Å². The minimum absolute atomic E-state index is 0.0282. The molecule has 3 heteroatoms. The molecule has 0 aliphatic rings. The lowest BCUT2D eigenvalue weighted by Crippen LogP contribution is -1.98. The molecule has 3 aromatic heterocycles. The van der Waals surface area contributed by atoms with Gasteiger partial charge in [-0.15, -0.1) is 0 Å². The number of aromatic nitrogens is 3. The molecule has 0 bridgehead atoms. The van der Waals surface area contributed by atoms with Crippen LogP contribution in [-0.4, -0.2) is 13.7 Å². The van der Waals surface area contributed by atoms with Gasteiger partial charge in [0.1, 0.15) is 0 Å². The summed E-state index contributed by atoms with van der Waals surface area (Å²) in [6, 6.07) is 10.3. The topological polar surface area (TPSA) is 14.8 Å². The maximum Gasteiger partial charge on any atom is 0.0646 e. The monoisotopic (exact) mass is 746 g/mol. The average Bonchev–Trinajstić information content (AvgIpc) is 4.29. The van der Waals surface area contributed by atoms with E-state index in [1.165, 1.54) is 10.6 Å². The summed E-state index contributed by atoms with van der Waals surface area (Å²) in [5, 5.41) is -1.79. The molecule has 9 aromatic carbocycles. The number of hydrogen-bond acceptors (Lipinski definition) is 0. The second-order valence-electron chi connectivity index (χ2n) is 13.4. The number of para-hydroxylation sites is 4. The summed E-state index contributed by atoms with van der Waals surface area (Å²) >= 11 is 0. The van der Waals surface area contributed by atoms with Crippen molar-refractivity contribution in [1.29, 1.82) is 0 Å². The largest absolute Gasteiger partial charge is 0.309 e. The van der Waals surface area contributed by atoms with E-state index in [1.54, 1.807) is 12.1 Å². The van der Waals surface area contributed by atoms with Gasteiger partial charge in [-0.25, -0.2) is 0 Å². The molecule has 266 valence electrons. The van der Waals surface area contributed by atoms with Crippen LogP contribution in [0.5, 0.6) is 0 Å². The van der Waals surface area contributed by atoms with E-state index in [1.807, 2.05) is 66.7 Å². The number of nitrogens with zero attached hydrogens (tertiary/aromatic N) is 3. The molecule has 0 unspecified atom stereocenters. The van der Waals surface area contributed by atoms with Crippen LogP contribution in [0.3, 0.4) is 0 Å². The van der Waals surface area contributed by atoms with E-state index in [2.05, 4.69) is 0 Å². The first-order valence-corrected chi connectivity index (χ1v) is 17.9. The van der Waals surface area contributed by atoms with Gasteiger partial charge in [0.2, 0.25) is 0 Å². The Morgan fingerprint density at radius 3 is 1.35 bits per heavy atom. The van der Waals surface area contributed by atoms with Gasteiger partial charge in [-0.2, -0.15) is 0 Å². The predicted molar refractivity (Wildman–Crippen MR) is 240 cm³/mol. The van der Waals surface area contributed by atoms with E-state index in [4.69, 9.17) is 13.7 Å². The van der Waals surface area contributed by atoms with Crippen LogP contribution in [0.25, 0.3) is 105 Å². The third kappa shape index (κ3) is 4.79. The highest BCUT2D eigenvalue weighted by Gasteiger charge is 2.21. The molecule has 57 heavy (non-hydrogen) atoms. The van der Waals surface area contributed by atoms with E-state index < -0.39 is 176 Å². The lowest BCUT2D eigenvalue weighted by molar-refractivity contribution is 1.16. The lowest BCUT2D eigenvalue weighted by Gasteiger charge is -2.14. The summed E-state index contributed by atoms with van der Waals surface area (Å²) in [5.74, 6) is 0. The van der Waals surface area contributed by atoms with Crippen LogP contribution in [-0.2, 0) is 0 Å². The van der Waals surface area contributed by atoms with E-state index in [0.29, 0.717) is 16.8 Å². The number of fused-ring (bicyclic) bond motifs is 9. The summed E-state index contributed by atoms with van der Waals surface area (Å²) in [7, 11) is 0. The van der Waals surface area contributed by atoms with Gasteiger partial charge in [0.25, 0.3) is 0 Å². The van der Waals surface area contributed by atoms with Crippen LogP contribution in [0, 0.1) is 0 Å². The Morgan fingerprint density at radius 2 is 0.754 bits per heavy atom. The van der Waals surface area contributed by atoms with Gasteiger partial charge in [0.05, 0.1) is 67.6 Å². The van der Waals surface area contributed by atoms with Gasteiger partial charge in [0.15, 0.2) is 0 Å². The Labute approximate surface area is 359 Å². The fourth-order valence-electron chi connectivity index (χ4n) is 7.90. The van der Waals surface area contributed by atoms with Crippen LogP contribution in [0.4, 0.5) is 0 Å². The molecule has 3 nitrogen and oxygen atoms in total. The van der Waals surface area contributed by atoms with Crippen molar-refractivity contribution in [3.63, 3.8) is 0 Å². The Hall–Kier alpha value is -7.62. The molecule has 0 atom stereocenters. The molecule has 0 saturated heterocycles. The highest BCUT2D eigenvalue weighted by Crippen LogP contribution is 2.42. The maximum absolute atomic E-state index is 10.0. The predicted octanol–water partition coefficient (Wildman–Crippen LogP) is 14.3. The minimum Gasteiger partial charge on any atom is -0.309 e. The molecule has 0 N–H and O–H groups in total. The normalized spacial score (nSPS) is 17.0. The van der Waals surface area contributed by atoms with Crippen LogP contribution in [0.2, 0.25) is 0 Å². The molecule has 0 aliphatic carbocycles. The maximum atomic E-state index is 10.0. The molecule has 0 aliphatic heterocycles. The van der Waals surface area contributed by atoms with Gasteiger partial charge in [0, 0.05) is 43.7 Å². The molecular weight excluding hydrogens is 691 g/mol. The standard InChI is InChI=1S/C54H35N3/c1-3-16-36(17-4-1)38-32-39(37-18-5-2-6-19-37)34-41(33-38)56-47-24-11-9-22-44(47)46-35-40(30-31-51(46)56)55-50-27-14-10-23-45(50)54-52(55)28-15-29-53(54)57-48-25-12-7-20-42(48)43-21-8-13-26-49(43)57/h1-35H/i7D,8D,9D,10D,11D,12D,13D,14D,15D,20D,21D,22D,23D,24D,25D,26D,27D,28D,29D,30D,31D. The fourth-order valence-corrected chi connectivity index (χ4v) is 7.90. The minimum atomic E-state index is -0.884. The lowest BCUT2D eigenvalue weighted by atomic mass is 9.98. The molecule has 0 saturated carbocycles. The summed E-state index contributed by atoms with van der Waals surface area (Å²) in [4.78, 5) is 0. The van der Waals surface area contributed by atoms with E-state index in [9.17, 15) is 15.1 Å². The summed E-state index contributed by atoms with van der Waals surface area (Å²) in [5.41, 5.74) is 0.320. The Balaban J connectivity index is 1.30. The van der Waals surface area contributed by atoms with Crippen molar-refractivity contribution in [2.45, 2.75) is 0 Å². The van der Waals surface area contributed by atoms with E-state index in [-0.39, 0.29) is 27.5 Å². The molecule has 0 radical (unpaired) electrons. The van der Waals surface area contributed by atoms with Gasteiger partial charge in [-0.3, -0.25) is 0 Å². The van der Waals surface area contributed by atoms with Crippen LogP contribution in [0.1, 0.15) is 28.8 Å². The molecule has 0 amide bonds. The van der Waals surface area contributed by atoms with Crippen molar-refractivity contribution >= 4 is 65.4 Å². The Kier molecular flexibility index (Phi) is 3.81. The Morgan fingerprint density at radius 1 is 0.298 bits per heavy atom. The second-order valence-corrected chi connectivity index (χ2v) is 13.4. The van der Waals surface area contributed by atoms with Crippen molar-refractivity contribution < 1.29 is 28.8 Å². The number of hydrogen-bond donors (Lipinski definition) is 0. The van der Waals surface area contributed by atoms with E-state index >= 15 is 0 Å². The molecule has 0 spiro atoms. The molecule has 3 heterocycles. The highest BCUT2D eigenvalue weighted by molar-refractivity contribution is 6.17. The summed E-state index contributed by atoms with van der Waals surface area (Å²) < 4.78 is 197. The second kappa shape index (κ2) is 12.5. The zero-order valence-corrected chi connectivity index (χ0v) is 29.4. The molecular formula is C54H35N3. The number of rotatable bonds is 5. The van der Waals surface area contributed by atoms with Crippen LogP contribution >= 0.6 is 0 Å². The number of benzene rings is 9. The van der Waals surface area contributed by atoms with Gasteiger partial charge in [-0.05, 0) is 94.9 Å². The third-order valence-corrected chi connectivity index (χ3v) is 10.3. The van der Waals surface area contributed by atoms with Crippen molar-refractivity contribution in [2.24, 2.45) is 0 Å². The SMILES string of the molecule is [2H]c1c([2H])c([2H])c2c(c1[2H])c1cc(-n3c4c([2H])c([2H])c([2H])c([2H])c4c4c(-n5c6c([2H])c([2H])c([2H])c([2H])c6c6c([2H])c([2H])c([2H])c([2H])c65)c([2H])c([2H])c([2H])c43)c([2H])c([2H])c1n2-c1cc(-c2ccccc2)cc(-c2ccccc2)c1. The molecule has 12 rings (SSSR count). The van der Waals surface area contributed by atoms with Crippen LogP contribution in [0.15, 0.2) is 212 Å². The molecule has 0 fully saturated rings. The van der Waals surface area contributed by atoms with E-state index in [0.717, 1.165) is 20.3 Å². The van der Waals surface area contributed by atoms with Crippen molar-refractivity contribution in [3.05, 3.63) is 212 Å². The van der Waals surface area contributed by atoms with Crippen molar-refractivity contribution in [3.8, 4) is 39.3 Å². The average molecular weight is 747 g/mol. The van der Waals surface area contributed by atoms with Crippen LogP contribution < -0.4 is 0 Å². The van der Waals surface area contributed by atoms with Gasteiger partial charge >= 0.3 is 0 Å². The quantitative estimate of drug-likeness (QED) is 0.167. The first kappa shape index (κ1) is 17.5. The fraction of sp³-hybridized carbons (Fsp3) is 0. The zero-order chi connectivity index (χ0) is 55.7.